The van der Waals surface area contributed by atoms with E-state index in [2.05, 4.69) is 70.9 Å². The first kappa shape index (κ1) is 22.9. The van der Waals surface area contributed by atoms with Gasteiger partial charge in [0.2, 0.25) is 0 Å². The molecule has 1 fully saturated rings. The zero-order valence-corrected chi connectivity index (χ0v) is 21.4. The van der Waals surface area contributed by atoms with E-state index >= 15 is 0 Å². The number of rotatable bonds is 4. The van der Waals surface area contributed by atoms with Gasteiger partial charge in [-0.05, 0) is 92.6 Å². The van der Waals surface area contributed by atoms with Crippen molar-refractivity contribution >= 4 is 46.2 Å². The van der Waals surface area contributed by atoms with Crippen molar-refractivity contribution in [3.05, 3.63) is 111 Å². The highest BCUT2D eigenvalue weighted by Gasteiger charge is 2.42. The van der Waals surface area contributed by atoms with Crippen molar-refractivity contribution in [1.82, 2.24) is 14.9 Å². The molecule has 4 aromatic rings. The quantitative estimate of drug-likeness (QED) is 0.294. The van der Waals surface area contributed by atoms with E-state index in [-0.39, 0.29) is 12.1 Å². The topological polar surface area (TPSA) is 33.1 Å². The van der Waals surface area contributed by atoms with Gasteiger partial charge in [-0.25, -0.2) is 0 Å². The summed E-state index contributed by atoms with van der Waals surface area (Å²) < 4.78 is 2.18. The number of benzene rings is 2. The number of aryl methyl sites for hydroxylation is 2. The second-order valence-corrected chi connectivity index (χ2v) is 9.82. The fourth-order valence-corrected chi connectivity index (χ4v) is 5.69. The van der Waals surface area contributed by atoms with Crippen molar-refractivity contribution in [3.63, 3.8) is 0 Å². The summed E-state index contributed by atoms with van der Waals surface area (Å²) in [5.74, 6) is 0. The van der Waals surface area contributed by atoms with E-state index in [4.69, 9.17) is 35.4 Å². The molecule has 3 heterocycles. The maximum Gasteiger partial charge on any atom is 0.174 e. The Bertz CT molecular complexity index is 1380. The summed E-state index contributed by atoms with van der Waals surface area (Å²) in [4.78, 5) is 6.87. The molecule has 2 aromatic carbocycles. The Morgan fingerprint density at radius 3 is 2.47 bits per heavy atom. The van der Waals surface area contributed by atoms with Crippen molar-refractivity contribution in [3.8, 4) is 5.69 Å². The zero-order chi connectivity index (χ0) is 24.0. The Morgan fingerprint density at radius 2 is 1.76 bits per heavy atom. The minimum absolute atomic E-state index is 0.0878. The summed E-state index contributed by atoms with van der Waals surface area (Å²) in [6.45, 7) is 6.31. The van der Waals surface area contributed by atoms with Gasteiger partial charge in [-0.3, -0.25) is 4.98 Å². The number of hydrogen-bond donors (Lipinski definition) is 1. The minimum Gasteiger partial charge on any atom is -0.351 e. The van der Waals surface area contributed by atoms with Crippen LogP contribution in [0, 0.1) is 20.8 Å². The molecule has 172 valence electrons. The molecular weight excluding hydrogens is 483 g/mol. The molecule has 1 aliphatic rings. The summed E-state index contributed by atoms with van der Waals surface area (Å²) in [7, 11) is 0. The zero-order valence-electron chi connectivity index (χ0n) is 19.1. The lowest BCUT2D eigenvalue weighted by molar-refractivity contribution is 0.565. The Morgan fingerprint density at radius 1 is 0.941 bits per heavy atom. The van der Waals surface area contributed by atoms with Gasteiger partial charge in [0.1, 0.15) is 0 Å². The van der Waals surface area contributed by atoms with Crippen LogP contribution in [0.5, 0.6) is 0 Å². The molecule has 0 unspecified atom stereocenters. The molecule has 2 aromatic heterocycles. The number of aromatic nitrogens is 2. The molecule has 0 bridgehead atoms. The van der Waals surface area contributed by atoms with Crippen molar-refractivity contribution in [2.24, 2.45) is 0 Å². The number of thiocarbonyl (C=S) groups is 1. The van der Waals surface area contributed by atoms with E-state index in [0.29, 0.717) is 15.2 Å². The fourth-order valence-electron chi connectivity index (χ4n) is 4.85. The molecule has 1 N–H and O–H groups in total. The molecule has 0 radical (unpaired) electrons. The normalized spacial score (nSPS) is 17.8. The number of halogens is 2. The molecule has 1 saturated heterocycles. The Kier molecular flexibility index (Phi) is 6.11. The van der Waals surface area contributed by atoms with Crippen molar-refractivity contribution in [2.75, 3.05) is 4.90 Å². The molecule has 1 aliphatic heterocycles. The van der Waals surface area contributed by atoms with Crippen LogP contribution in [0.25, 0.3) is 5.69 Å². The first-order chi connectivity index (χ1) is 16.3. The first-order valence-corrected chi connectivity index (χ1v) is 12.2. The van der Waals surface area contributed by atoms with Gasteiger partial charge in [0.25, 0.3) is 0 Å². The lowest BCUT2D eigenvalue weighted by Gasteiger charge is -2.28. The van der Waals surface area contributed by atoms with Crippen LogP contribution in [0.15, 0.2) is 72.9 Å². The molecule has 7 heteroatoms. The van der Waals surface area contributed by atoms with Gasteiger partial charge in [-0.15, -0.1) is 0 Å². The molecule has 2 atom stereocenters. The van der Waals surface area contributed by atoms with Crippen LogP contribution in [0.1, 0.15) is 40.3 Å². The summed E-state index contributed by atoms with van der Waals surface area (Å²) in [6.07, 6.45) is 1.82. The Balaban J connectivity index is 1.70. The third-order valence-corrected chi connectivity index (χ3v) is 7.17. The third-order valence-electron chi connectivity index (χ3n) is 6.32. The van der Waals surface area contributed by atoms with E-state index in [1.165, 1.54) is 5.56 Å². The fraction of sp³-hybridized carbons (Fsp3) is 0.185. The Hall–Kier alpha value is -2.86. The van der Waals surface area contributed by atoms with Gasteiger partial charge >= 0.3 is 0 Å². The number of nitrogens with one attached hydrogen (secondary N) is 1. The van der Waals surface area contributed by atoms with Gasteiger partial charge in [-0.1, -0.05) is 41.4 Å². The lowest BCUT2D eigenvalue weighted by atomic mass is 9.96. The lowest BCUT2D eigenvalue weighted by Crippen LogP contribution is -2.29. The average molecular weight is 507 g/mol. The molecule has 0 saturated carbocycles. The van der Waals surface area contributed by atoms with E-state index in [9.17, 15) is 0 Å². The van der Waals surface area contributed by atoms with Crippen LogP contribution in [0.3, 0.4) is 0 Å². The number of anilines is 1. The highest BCUT2D eigenvalue weighted by Crippen LogP contribution is 2.44. The second kappa shape index (κ2) is 9.06. The van der Waals surface area contributed by atoms with Gasteiger partial charge in [0.15, 0.2) is 5.11 Å². The highest BCUT2D eigenvalue weighted by molar-refractivity contribution is 7.80. The molecule has 4 nitrogen and oxygen atoms in total. The van der Waals surface area contributed by atoms with Gasteiger partial charge in [-0.2, -0.15) is 0 Å². The summed E-state index contributed by atoms with van der Waals surface area (Å²) >= 11 is 18.6. The van der Waals surface area contributed by atoms with E-state index in [1.807, 2.05) is 36.5 Å². The van der Waals surface area contributed by atoms with Crippen LogP contribution < -0.4 is 10.2 Å². The average Bonchev–Trinajstić information content (AvgIpc) is 3.30. The minimum atomic E-state index is -0.108. The van der Waals surface area contributed by atoms with Crippen LogP contribution in [0.2, 0.25) is 10.0 Å². The number of nitrogens with zero attached hydrogens (tertiary/aromatic N) is 3. The van der Waals surface area contributed by atoms with E-state index in [1.54, 1.807) is 6.07 Å². The van der Waals surface area contributed by atoms with Crippen molar-refractivity contribution in [1.29, 1.82) is 0 Å². The first-order valence-electron chi connectivity index (χ1n) is 11.1. The van der Waals surface area contributed by atoms with Gasteiger partial charge in [0, 0.05) is 28.3 Å². The van der Waals surface area contributed by atoms with Crippen LogP contribution in [-0.2, 0) is 0 Å². The van der Waals surface area contributed by atoms with Crippen molar-refractivity contribution in [2.45, 2.75) is 32.9 Å². The van der Waals surface area contributed by atoms with Crippen molar-refractivity contribution < 1.29 is 0 Å². The predicted molar refractivity (Wildman–Crippen MR) is 144 cm³/mol. The largest absolute Gasteiger partial charge is 0.351 e. The van der Waals surface area contributed by atoms with Crippen LogP contribution in [0.4, 0.5) is 5.69 Å². The number of pyridine rings is 1. The Labute approximate surface area is 215 Å². The SMILES string of the molecule is Cc1cccc(N2C(=S)N[C@H](c3ccccn3)[C@@H]2c2cc(C)n(-c3ccc(Cl)cc3Cl)c2C)c1. The third kappa shape index (κ3) is 3.98. The monoisotopic (exact) mass is 506 g/mol. The molecular formula is C27H24Cl2N4S. The maximum atomic E-state index is 6.61. The predicted octanol–water partition coefficient (Wildman–Crippen LogP) is 7.28. The summed E-state index contributed by atoms with van der Waals surface area (Å²) in [5, 5.41) is 5.45. The molecule has 0 aliphatic carbocycles. The molecule has 0 amide bonds. The van der Waals surface area contributed by atoms with Crippen LogP contribution in [-0.4, -0.2) is 14.7 Å². The molecule has 5 rings (SSSR count). The maximum absolute atomic E-state index is 6.61. The summed E-state index contributed by atoms with van der Waals surface area (Å²) in [6, 6.07) is 22.0. The smallest absolute Gasteiger partial charge is 0.174 e. The van der Waals surface area contributed by atoms with Gasteiger partial charge < -0.3 is 14.8 Å². The second-order valence-electron chi connectivity index (χ2n) is 8.59. The highest BCUT2D eigenvalue weighted by atomic mass is 35.5. The number of hydrogen-bond acceptors (Lipinski definition) is 2. The van der Waals surface area contributed by atoms with Crippen LogP contribution >= 0.6 is 35.4 Å². The summed E-state index contributed by atoms with van der Waals surface area (Å²) in [5.41, 5.74) is 7.41. The van der Waals surface area contributed by atoms with E-state index in [0.717, 1.165) is 34.0 Å². The van der Waals surface area contributed by atoms with E-state index < -0.39 is 0 Å². The standard InChI is InChI=1S/C27H24Cl2N4S/c1-16-7-6-8-20(13-16)33-26(25(31-27(33)34)23-9-4-5-12-30-23)21-14-17(2)32(18(21)3)24-11-10-19(28)15-22(24)29/h4-15,25-26H,1-3H3,(H,31,34)/t25-,26+/m1/s1. The van der Waals surface area contributed by atoms with Gasteiger partial charge in [0.05, 0.1) is 28.5 Å². The molecule has 0 spiro atoms. The molecule has 34 heavy (non-hydrogen) atoms.